The van der Waals surface area contributed by atoms with Crippen LogP contribution in [0.1, 0.15) is 37.3 Å². The second kappa shape index (κ2) is 8.24. The highest BCUT2D eigenvalue weighted by Gasteiger charge is 2.36. The van der Waals surface area contributed by atoms with Crippen LogP contribution in [0.4, 0.5) is 34.6 Å². The normalized spacial score (nSPS) is 16.9. The van der Waals surface area contributed by atoms with Crippen molar-refractivity contribution in [1.82, 2.24) is 0 Å². The summed E-state index contributed by atoms with van der Waals surface area (Å²) in [5, 5.41) is 5.29. The van der Waals surface area contributed by atoms with Crippen molar-refractivity contribution < 1.29 is 22.4 Å². The Morgan fingerprint density at radius 2 is 2.00 bits per heavy atom. The third-order valence-electron chi connectivity index (χ3n) is 5.47. The number of benzene rings is 2. The van der Waals surface area contributed by atoms with E-state index in [1.807, 2.05) is 6.92 Å². The van der Waals surface area contributed by atoms with E-state index >= 15 is 0 Å². The zero-order valence-electron chi connectivity index (χ0n) is 17.0. The van der Waals surface area contributed by atoms with Crippen LogP contribution in [0.25, 0.3) is 5.57 Å². The number of halogens is 4. The molecule has 1 heterocycles. The number of nitrogens with zero attached hydrogens (tertiary/aromatic N) is 1. The summed E-state index contributed by atoms with van der Waals surface area (Å²) < 4.78 is 55.7. The first-order chi connectivity index (χ1) is 14.8. The maximum Gasteiger partial charge on any atom is 0.418 e. The molecule has 1 saturated carbocycles. The van der Waals surface area contributed by atoms with E-state index in [4.69, 9.17) is 0 Å². The Morgan fingerprint density at radius 3 is 2.68 bits per heavy atom. The van der Waals surface area contributed by atoms with Crippen LogP contribution in [-0.2, 0) is 11.0 Å². The molecule has 31 heavy (non-hydrogen) atoms. The highest BCUT2D eigenvalue weighted by Crippen LogP contribution is 2.41. The largest absolute Gasteiger partial charge is 0.418 e. The van der Waals surface area contributed by atoms with Crippen molar-refractivity contribution in [3.8, 4) is 0 Å². The number of rotatable bonds is 7. The predicted molar refractivity (Wildman–Crippen MR) is 113 cm³/mol. The SMILES string of the molecule is CCCN(CC1CC1)c1ccc(NC=C2C(=O)Nc3cccc(F)c32)cc1C(F)(F)F. The summed E-state index contributed by atoms with van der Waals surface area (Å²) in [6.07, 6.45) is -0.438. The first-order valence-corrected chi connectivity index (χ1v) is 10.3. The fraction of sp³-hybridized carbons (Fsp3) is 0.348. The number of nitrogens with one attached hydrogen (secondary N) is 2. The molecule has 0 unspecified atom stereocenters. The van der Waals surface area contributed by atoms with Gasteiger partial charge in [-0.1, -0.05) is 13.0 Å². The fourth-order valence-corrected chi connectivity index (χ4v) is 3.82. The lowest BCUT2D eigenvalue weighted by Gasteiger charge is -2.28. The molecule has 2 N–H and O–H groups in total. The van der Waals surface area contributed by atoms with E-state index in [1.54, 1.807) is 17.0 Å². The average Bonchev–Trinajstić information content (AvgIpc) is 3.47. The van der Waals surface area contributed by atoms with E-state index in [1.165, 1.54) is 24.4 Å². The van der Waals surface area contributed by atoms with Gasteiger partial charge in [0.05, 0.1) is 16.8 Å². The second-order valence-electron chi connectivity index (χ2n) is 7.94. The molecule has 8 heteroatoms. The molecule has 2 aromatic carbocycles. The Bertz CT molecular complexity index is 1030. The number of amides is 1. The van der Waals surface area contributed by atoms with Crippen molar-refractivity contribution in [2.24, 2.45) is 5.92 Å². The van der Waals surface area contributed by atoms with Crippen LogP contribution in [0, 0.1) is 11.7 Å². The minimum Gasteiger partial charge on any atom is -0.371 e. The first kappa shape index (κ1) is 21.2. The van der Waals surface area contributed by atoms with Gasteiger partial charge in [0.1, 0.15) is 5.82 Å². The minimum absolute atomic E-state index is 0.0343. The van der Waals surface area contributed by atoms with Gasteiger partial charge in [0.25, 0.3) is 5.91 Å². The van der Waals surface area contributed by atoms with Crippen LogP contribution in [0.15, 0.2) is 42.6 Å². The Labute approximate surface area is 177 Å². The summed E-state index contributed by atoms with van der Waals surface area (Å²) in [4.78, 5) is 14.0. The Balaban J connectivity index is 1.64. The van der Waals surface area contributed by atoms with Gasteiger partial charge in [-0.15, -0.1) is 0 Å². The number of anilines is 3. The van der Waals surface area contributed by atoms with E-state index in [9.17, 15) is 22.4 Å². The summed E-state index contributed by atoms with van der Waals surface area (Å²) in [6, 6.07) is 8.32. The van der Waals surface area contributed by atoms with Gasteiger partial charge < -0.3 is 15.5 Å². The average molecular weight is 433 g/mol. The lowest BCUT2D eigenvalue weighted by atomic mass is 10.1. The van der Waals surface area contributed by atoms with Crippen molar-refractivity contribution >= 4 is 28.5 Å². The molecule has 0 aromatic heterocycles. The number of hydrogen-bond acceptors (Lipinski definition) is 3. The molecule has 0 bridgehead atoms. The molecule has 1 amide bonds. The lowest BCUT2D eigenvalue weighted by molar-refractivity contribution is -0.137. The van der Waals surface area contributed by atoms with E-state index in [0.717, 1.165) is 25.3 Å². The highest BCUT2D eigenvalue weighted by atomic mass is 19.4. The van der Waals surface area contributed by atoms with E-state index < -0.39 is 23.5 Å². The molecule has 0 saturated heterocycles. The number of fused-ring (bicyclic) bond motifs is 1. The topological polar surface area (TPSA) is 44.4 Å². The molecule has 1 fully saturated rings. The number of carbonyl (C=O) groups is 1. The standard InChI is InChI=1S/C23H23F4N3O/c1-2-10-30(13-14-6-7-14)20-9-8-15(11-17(20)23(25,26)27)28-12-16-21-18(24)4-3-5-19(21)29-22(16)31/h3-5,8-9,11-12,14,28H,2,6-7,10,13H2,1H3,(H,29,31). The Morgan fingerprint density at radius 1 is 1.23 bits per heavy atom. The summed E-state index contributed by atoms with van der Waals surface area (Å²) in [6.45, 7) is 3.11. The molecule has 164 valence electrons. The molecular weight excluding hydrogens is 410 g/mol. The molecule has 0 atom stereocenters. The molecule has 0 spiro atoms. The van der Waals surface area contributed by atoms with Crippen LogP contribution >= 0.6 is 0 Å². The predicted octanol–water partition coefficient (Wildman–Crippen LogP) is 5.88. The lowest BCUT2D eigenvalue weighted by Crippen LogP contribution is -2.29. The van der Waals surface area contributed by atoms with Gasteiger partial charge in [-0.25, -0.2) is 4.39 Å². The van der Waals surface area contributed by atoms with Gasteiger partial charge in [-0.2, -0.15) is 13.2 Å². The van der Waals surface area contributed by atoms with E-state index in [-0.39, 0.29) is 22.5 Å². The first-order valence-electron chi connectivity index (χ1n) is 10.3. The van der Waals surface area contributed by atoms with Crippen molar-refractivity contribution in [1.29, 1.82) is 0 Å². The molecule has 4 nitrogen and oxygen atoms in total. The zero-order valence-corrected chi connectivity index (χ0v) is 17.0. The molecule has 0 radical (unpaired) electrons. The Hall–Kier alpha value is -3.03. The summed E-state index contributed by atoms with van der Waals surface area (Å²) in [5.74, 6) is -0.643. The number of carbonyl (C=O) groups excluding carboxylic acids is 1. The van der Waals surface area contributed by atoms with Gasteiger partial charge >= 0.3 is 6.18 Å². The van der Waals surface area contributed by atoms with E-state index in [2.05, 4.69) is 10.6 Å². The third-order valence-corrected chi connectivity index (χ3v) is 5.47. The molecule has 2 aromatic rings. The van der Waals surface area contributed by atoms with Gasteiger partial charge in [-0.05, 0) is 55.5 Å². The third kappa shape index (κ3) is 4.52. The number of alkyl halides is 3. The van der Waals surface area contributed by atoms with E-state index in [0.29, 0.717) is 24.7 Å². The van der Waals surface area contributed by atoms with Gasteiger partial charge in [0.15, 0.2) is 0 Å². The Kier molecular flexibility index (Phi) is 5.64. The van der Waals surface area contributed by atoms with Crippen LogP contribution in [0.2, 0.25) is 0 Å². The van der Waals surface area contributed by atoms with Gasteiger partial charge in [0.2, 0.25) is 0 Å². The van der Waals surface area contributed by atoms with Crippen LogP contribution < -0.4 is 15.5 Å². The van der Waals surface area contributed by atoms with Gasteiger partial charge in [-0.3, -0.25) is 4.79 Å². The molecule has 1 aliphatic carbocycles. The zero-order chi connectivity index (χ0) is 22.2. The van der Waals surface area contributed by atoms with Gasteiger partial charge in [0, 0.05) is 36.2 Å². The van der Waals surface area contributed by atoms with Crippen LogP contribution in [-0.4, -0.2) is 19.0 Å². The molecule has 2 aliphatic rings. The second-order valence-corrected chi connectivity index (χ2v) is 7.94. The molecule has 1 aliphatic heterocycles. The summed E-state index contributed by atoms with van der Waals surface area (Å²) >= 11 is 0. The highest BCUT2D eigenvalue weighted by molar-refractivity contribution is 6.31. The number of hydrogen-bond donors (Lipinski definition) is 2. The van der Waals surface area contributed by atoms with Crippen molar-refractivity contribution in [2.45, 2.75) is 32.4 Å². The summed E-state index contributed by atoms with van der Waals surface area (Å²) in [5.41, 5.74) is 0.0731. The molecule has 4 rings (SSSR count). The smallest absolute Gasteiger partial charge is 0.371 e. The van der Waals surface area contributed by atoms with Crippen molar-refractivity contribution in [3.05, 3.63) is 59.5 Å². The van der Waals surface area contributed by atoms with Crippen LogP contribution in [0.5, 0.6) is 0 Å². The van der Waals surface area contributed by atoms with Crippen LogP contribution in [0.3, 0.4) is 0 Å². The van der Waals surface area contributed by atoms with Crippen molar-refractivity contribution in [3.63, 3.8) is 0 Å². The molecular formula is C23H23F4N3O. The van der Waals surface area contributed by atoms with Crippen molar-refractivity contribution in [2.75, 3.05) is 28.6 Å². The maximum atomic E-state index is 14.2. The summed E-state index contributed by atoms with van der Waals surface area (Å²) in [7, 11) is 0. The fourth-order valence-electron chi connectivity index (χ4n) is 3.82. The monoisotopic (exact) mass is 433 g/mol. The quantitative estimate of drug-likeness (QED) is 0.424. The maximum absolute atomic E-state index is 14.2. The minimum atomic E-state index is -4.53.